The largest absolute Gasteiger partial charge is 0.495 e. The SMILES string of the molecule is COc1cc(C)c(C(=O)CC2=NCCN2)cc1Cl. The molecular formula is C13H15ClN2O2. The van der Waals surface area contributed by atoms with Gasteiger partial charge in [-0.3, -0.25) is 9.79 Å². The Bertz CT molecular complexity index is 512. The Morgan fingerprint density at radius 1 is 1.56 bits per heavy atom. The van der Waals surface area contributed by atoms with Crippen molar-refractivity contribution in [2.75, 3.05) is 20.2 Å². The predicted molar refractivity (Wildman–Crippen MR) is 72.0 cm³/mol. The van der Waals surface area contributed by atoms with E-state index in [2.05, 4.69) is 10.3 Å². The smallest absolute Gasteiger partial charge is 0.170 e. The molecule has 0 bridgehead atoms. The van der Waals surface area contributed by atoms with Gasteiger partial charge in [-0.2, -0.15) is 0 Å². The Hall–Kier alpha value is -1.55. The van der Waals surface area contributed by atoms with Crippen LogP contribution >= 0.6 is 11.6 Å². The maximum Gasteiger partial charge on any atom is 0.170 e. The van der Waals surface area contributed by atoms with Crippen LogP contribution in [0.15, 0.2) is 17.1 Å². The molecule has 0 fully saturated rings. The number of carbonyl (C=O) groups excluding carboxylic acids is 1. The minimum absolute atomic E-state index is 0.0187. The fourth-order valence-corrected chi connectivity index (χ4v) is 2.17. The van der Waals surface area contributed by atoms with Crippen LogP contribution in [0.4, 0.5) is 0 Å². The van der Waals surface area contributed by atoms with E-state index in [1.165, 1.54) is 0 Å². The number of carbonyl (C=O) groups is 1. The molecule has 1 heterocycles. The van der Waals surface area contributed by atoms with Crippen LogP contribution in [0.25, 0.3) is 0 Å². The third kappa shape index (κ3) is 2.64. The second kappa shape index (κ2) is 5.40. The molecule has 2 rings (SSSR count). The third-order valence-electron chi connectivity index (χ3n) is 2.87. The van der Waals surface area contributed by atoms with E-state index in [4.69, 9.17) is 16.3 Å². The lowest BCUT2D eigenvalue weighted by atomic mass is 10.0. The number of ketones is 1. The molecule has 1 aromatic rings. The highest BCUT2D eigenvalue weighted by atomic mass is 35.5. The molecule has 0 aromatic heterocycles. The van der Waals surface area contributed by atoms with Crippen LogP contribution in [-0.2, 0) is 0 Å². The number of benzene rings is 1. The predicted octanol–water partition coefficient (Wildman–Crippen LogP) is 2.23. The summed E-state index contributed by atoms with van der Waals surface area (Å²) in [7, 11) is 1.55. The van der Waals surface area contributed by atoms with Gasteiger partial charge in [0.05, 0.1) is 25.1 Å². The van der Waals surface area contributed by atoms with Crippen molar-refractivity contribution in [2.24, 2.45) is 4.99 Å². The van der Waals surface area contributed by atoms with Gasteiger partial charge in [0.15, 0.2) is 5.78 Å². The lowest BCUT2D eigenvalue weighted by Crippen LogP contribution is -2.22. The summed E-state index contributed by atoms with van der Waals surface area (Å²) in [5, 5.41) is 3.54. The molecule has 0 saturated heterocycles. The zero-order valence-corrected chi connectivity index (χ0v) is 11.2. The first kappa shape index (κ1) is 12.9. The zero-order chi connectivity index (χ0) is 13.1. The van der Waals surface area contributed by atoms with Crippen molar-refractivity contribution >= 4 is 23.2 Å². The fourth-order valence-electron chi connectivity index (χ4n) is 1.92. The van der Waals surface area contributed by atoms with Gasteiger partial charge in [0.2, 0.25) is 0 Å². The second-order valence-corrected chi connectivity index (χ2v) is 4.56. The molecule has 0 amide bonds. The first-order valence-electron chi connectivity index (χ1n) is 5.76. The van der Waals surface area contributed by atoms with Gasteiger partial charge < -0.3 is 10.1 Å². The minimum Gasteiger partial charge on any atom is -0.495 e. The molecule has 1 aromatic carbocycles. The summed E-state index contributed by atoms with van der Waals surface area (Å²) >= 11 is 6.04. The minimum atomic E-state index is 0.0187. The zero-order valence-electron chi connectivity index (χ0n) is 10.4. The summed E-state index contributed by atoms with van der Waals surface area (Å²) in [5.74, 6) is 1.36. The summed E-state index contributed by atoms with van der Waals surface area (Å²) in [6.45, 7) is 3.42. The van der Waals surface area contributed by atoms with Gasteiger partial charge in [0, 0.05) is 12.1 Å². The van der Waals surface area contributed by atoms with Crippen LogP contribution in [0.2, 0.25) is 5.02 Å². The first-order chi connectivity index (χ1) is 8.61. The summed E-state index contributed by atoms with van der Waals surface area (Å²) in [6.07, 6.45) is 0.295. The monoisotopic (exact) mass is 266 g/mol. The Kier molecular flexibility index (Phi) is 3.87. The highest BCUT2D eigenvalue weighted by Crippen LogP contribution is 2.28. The molecule has 18 heavy (non-hydrogen) atoms. The van der Waals surface area contributed by atoms with Crippen molar-refractivity contribution in [3.05, 3.63) is 28.3 Å². The van der Waals surface area contributed by atoms with E-state index in [1.807, 2.05) is 6.92 Å². The average Bonchev–Trinajstić information content (AvgIpc) is 2.84. The van der Waals surface area contributed by atoms with Crippen molar-refractivity contribution < 1.29 is 9.53 Å². The Labute approximate surface area is 111 Å². The molecule has 0 unspecified atom stereocenters. The summed E-state index contributed by atoms with van der Waals surface area (Å²) in [5.41, 5.74) is 1.48. The van der Waals surface area contributed by atoms with Gasteiger partial charge in [-0.05, 0) is 24.6 Å². The van der Waals surface area contributed by atoms with E-state index in [9.17, 15) is 4.79 Å². The molecule has 0 spiro atoms. The van der Waals surface area contributed by atoms with Gasteiger partial charge in [0.25, 0.3) is 0 Å². The normalized spacial score (nSPS) is 14.1. The number of nitrogens with zero attached hydrogens (tertiary/aromatic N) is 1. The maximum atomic E-state index is 12.2. The van der Waals surface area contributed by atoms with E-state index < -0.39 is 0 Å². The van der Waals surface area contributed by atoms with Gasteiger partial charge in [-0.15, -0.1) is 0 Å². The molecule has 0 aliphatic carbocycles. The molecule has 4 nitrogen and oxygen atoms in total. The molecular weight excluding hydrogens is 252 g/mol. The molecule has 0 atom stereocenters. The third-order valence-corrected chi connectivity index (χ3v) is 3.17. The molecule has 96 valence electrons. The van der Waals surface area contributed by atoms with Gasteiger partial charge in [-0.1, -0.05) is 11.6 Å². The van der Waals surface area contributed by atoms with Crippen molar-refractivity contribution in [3.8, 4) is 5.75 Å². The van der Waals surface area contributed by atoms with Gasteiger partial charge in [0.1, 0.15) is 11.6 Å². The lowest BCUT2D eigenvalue weighted by molar-refractivity contribution is 0.0999. The van der Waals surface area contributed by atoms with Crippen LogP contribution in [-0.4, -0.2) is 31.8 Å². The number of hydrogen-bond donors (Lipinski definition) is 1. The van der Waals surface area contributed by atoms with Crippen LogP contribution in [0, 0.1) is 6.92 Å². The molecule has 1 aliphatic rings. The van der Waals surface area contributed by atoms with Crippen LogP contribution in [0.1, 0.15) is 22.3 Å². The number of aryl methyl sites for hydroxylation is 1. The number of rotatable bonds is 4. The number of amidine groups is 1. The number of halogens is 1. The Morgan fingerprint density at radius 2 is 2.33 bits per heavy atom. The average molecular weight is 267 g/mol. The highest BCUT2D eigenvalue weighted by Gasteiger charge is 2.16. The quantitative estimate of drug-likeness (QED) is 0.851. The number of hydrogen-bond acceptors (Lipinski definition) is 4. The molecule has 5 heteroatoms. The molecule has 0 saturated carbocycles. The highest BCUT2D eigenvalue weighted by molar-refractivity contribution is 6.32. The van der Waals surface area contributed by atoms with Crippen LogP contribution < -0.4 is 10.1 Å². The van der Waals surface area contributed by atoms with Crippen molar-refractivity contribution in [1.29, 1.82) is 0 Å². The van der Waals surface area contributed by atoms with Crippen molar-refractivity contribution in [1.82, 2.24) is 5.32 Å². The number of aliphatic imine (C=N–C) groups is 1. The molecule has 1 N–H and O–H groups in total. The fraction of sp³-hybridized carbons (Fsp3) is 0.385. The van der Waals surface area contributed by atoms with Gasteiger partial charge >= 0.3 is 0 Å². The van der Waals surface area contributed by atoms with E-state index >= 15 is 0 Å². The number of nitrogens with one attached hydrogen (secondary N) is 1. The number of ether oxygens (including phenoxy) is 1. The molecule has 0 radical (unpaired) electrons. The van der Waals surface area contributed by atoms with E-state index in [0.29, 0.717) is 22.8 Å². The van der Waals surface area contributed by atoms with Crippen LogP contribution in [0.5, 0.6) is 5.75 Å². The summed E-state index contributed by atoms with van der Waals surface area (Å²) < 4.78 is 5.11. The Balaban J connectivity index is 2.22. The number of methoxy groups -OCH3 is 1. The van der Waals surface area contributed by atoms with E-state index in [0.717, 1.165) is 24.5 Å². The van der Waals surface area contributed by atoms with Crippen molar-refractivity contribution in [2.45, 2.75) is 13.3 Å². The van der Waals surface area contributed by atoms with Crippen LogP contribution in [0.3, 0.4) is 0 Å². The first-order valence-corrected chi connectivity index (χ1v) is 6.14. The maximum absolute atomic E-state index is 12.2. The van der Waals surface area contributed by atoms with E-state index in [1.54, 1.807) is 19.2 Å². The lowest BCUT2D eigenvalue weighted by Gasteiger charge is -2.09. The topological polar surface area (TPSA) is 50.7 Å². The van der Waals surface area contributed by atoms with E-state index in [-0.39, 0.29) is 5.78 Å². The standard InChI is InChI=1S/C13H15ClN2O2/c1-8-5-12(18-2)10(14)6-9(8)11(17)7-13-15-3-4-16-13/h5-6H,3-4,7H2,1-2H3,(H,15,16). The number of Topliss-reactive ketones (excluding diaryl/α,β-unsaturated/α-hetero) is 1. The molecule has 1 aliphatic heterocycles. The summed E-state index contributed by atoms with van der Waals surface area (Å²) in [4.78, 5) is 16.4. The Morgan fingerprint density at radius 3 is 2.94 bits per heavy atom. The van der Waals surface area contributed by atoms with Gasteiger partial charge in [-0.25, -0.2) is 0 Å². The second-order valence-electron chi connectivity index (χ2n) is 4.16. The summed E-state index contributed by atoms with van der Waals surface area (Å²) in [6, 6.07) is 3.44. The van der Waals surface area contributed by atoms with Crippen molar-refractivity contribution in [3.63, 3.8) is 0 Å².